The molecule has 1 aromatic carbocycles. The van der Waals surface area contributed by atoms with E-state index in [0.717, 1.165) is 17.7 Å². The van der Waals surface area contributed by atoms with Gasteiger partial charge in [-0.05, 0) is 39.2 Å². The molecule has 0 spiro atoms. The lowest BCUT2D eigenvalue weighted by atomic mass is 10.3. The summed E-state index contributed by atoms with van der Waals surface area (Å²) in [5.41, 5.74) is 0.784. The van der Waals surface area contributed by atoms with Crippen LogP contribution in [0, 0.1) is 0 Å². The second-order valence-electron chi connectivity index (χ2n) is 7.04. The monoisotopic (exact) mass is 461 g/mol. The molecule has 0 N–H and O–H groups in total. The van der Waals surface area contributed by atoms with Crippen LogP contribution in [-0.4, -0.2) is 81.4 Å². The fraction of sp³-hybridized carbons (Fsp3) is 0.429. The number of ether oxygens (including phenoxy) is 4. The maximum Gasteiger partial charge on any atom is 0.320 e. The summed E-state index contributed by atoms with van der Waals surface area (Å²) in [6.07, 6.45) is 0.738. The Morgan fingerprint density at radius 1 is 0.938 bits per heavy atom. The van der Waals surface area contributed by atoms with E-state index >= 15 is 0 Å². The molecule has 0 aliphatic heterocycles. The molecule has 11 heteroatoms. The number of amides is 1. The van der Waals surface area contributed by atoms with Gasteiger partial charge < -0.3 is 23.8 Å². The Balaban J connectivity index is 2.07. The van der Waals surface area contributed by atoms with Gasteiger partial charge in [0.15, 0.2) is 5.13 Å². The molecule has 0 saturated carbocycles. The molecule has 0 aliphatic rings. The van der Waals surface area contributed by atoms with Crippen molar-refractivity contribution in [1.82, 2.24) is 19.9 Å². The van der Waals surface area contributed by atoms with E-state index in [2.05, 4.69) is 14.9 Å². The van der Waals surface area contributed by atoms with Crippen molar-refractivity contribution in [2.24, 2.45) is 0 Å². The number of rotatable bonds is 10. The number of benzene rings is 1. The van der Waals surface area contributed by atoms with Crippen molar-refractivity contribution in [3.63, 3.8) is 0 Å². The van der Waals surface area contributed by atoms with Gasteiger partial charge in [0.25, 0.3) is 5.91 Å². The number of thiazole rings is 1. The summed E-state index contributed by atoms with van der Waals surface area (Å²) in [6.45, 7) is 1.24. The Morgan fingerprint density at radius 2 is 1.66 bits per heavy atom. The van der Waals surface area contributed by atoms with Crippen molar-refractivity contribution in [3.8, 4) is 23.4 Å². The maximum absolute atomic E-state index is 13.6. The molecule has 0 bridgehead atoms. The molecule has 3 aromatic rings. The van der Waals surface area contributed by atoms with Gasteiger partial charge in [0.05, 0.1) is 28.4 Å². The van der Waals surface area contributed by atoms with Crippen LogP contribution < -0.4 is 23.8 Å². The fourth-order valence-electron chi connectivity index (χ4n) is 3.07. The summed E-state index contributed by atoms with van der Waals surface area (Å²) in [5.74, 6) is 1.17. The van der Waals surface area contributed by atoms with Gasteiger partial charge in [-0.25, -0.2) is 4.98 Å². The number of carbonyl (C=O) groups is 1. The Labute approximate surface area is 190 Å². The summed E-state index contributed by atoms with van der Waals surface area (Å²) in [4.78, 5) is 30.2. The van der Waals surface area contributed by atoms with Crippen LogP contribution in [-0.2, 0) is 0 Å². The minimum Gasteiger partial charge on any atom is -0.495 e. The van der Waals surface area contributed by atoms with E-state index in [0.29, 0.717) is 28.7 Å². The molecule has 2 heterocycles. The number of fused-ring (bicyclic) bond motifs is 1. The molecule has 3 rings (SSSR count). The fourth-order valence-corrected chi connectivity index (χ4v) is 4.17. The highest BCUT2D eigenvalue weighted by Gasteiger charge is 2.25. The molecule has 2 aromatic heterocycles. The van der Waals surface area contributed by atoms with Gasteiger partial charge in [0.2, 0.25) is 5.88 Å². The Hall–Kier alpha value is -3.18. The first-order valence-corrected chi connectivity index (χ1v) is 10.7. The zero-order valence-corrected chi connectivity index (χ0v) is 19.9. The van der Waals surface area contributed by atoms with Gasteiger partial charge in [-0.15, -0.1) is 0 Å². The number of aromatic nitrogens is 3. The Kier molecular flexibility index (Phi) is 7.65. The molecular weight excluding hydrogens is 434 g/mol. The van der Waals surface area contributed by atoms with Crippen molar-refractivity contribution in [1.29, 1.82) is 0 Å². The van der Waals surface area contributed by atoms with Crippen LogP contribution in [0.15, 0.2) is 18.2 Å². The number of carbonyl (C=O) groups excluding carboxylic acids is 1. The average molecular weight is 462 g/mol. The van der Waals surface area contributed by atoms with Gasteiger partial charge in [-0.2, -0.15) is 9.97 Å². The highest BCUT2D eigenvalue weighted by atomic mass is 32.1. The van der Waals surface area contributed by atoms with Crippen LogP contribution in [0.2, 0.25) is 0 Å². The minimum absolute atomic E-state index is 0.0496. The van der Waals surface area contributed by atoms with Crippen molar-refractivity contribution < 1.29 is 23.7 Å². The lowest BCUT2D eigenvalue weighted by Crippen LogP contribution is -2.34. The SMILES string of the molecule is COc1cc(C(=O)N(CCCN(C)C)c2nc3c(OC)ccc(OC)c3s2)nc(OC)n1. The smallest absolute Gasteiger partial charge is 0.320 e. The lowest BCUT2D eigenvalue weighted by Gasteiger charge is -2.21. The highest BCUT2D eigenvalue weighted by molar-refractivity contribution is 7.22. The van der Waals surface area contributed by atoms with Crippen LogP contribution in [0.5, 0.6) is 23.4 Å². The number of nitrogens with zero attached hydrogens (tertiary/aromatic N) is 5. The van der Waals surface area contributed by atoms with Gasteiger partial charge in [-0.1, -0.05) is 11.3 Å². The largest absolute Gasteiger partial charge is 0.495 e. The molecule has 172 valence electrons. The van der Waals surface area contributed by atoms with Gasteiger partial charge in [0.1, 0.15) is 27.4 Å². The molecule has 0 fully saturated rings. The zero-order valence-electron chi connectivity index (χ0n) is 19.0. The maximum atomic E-state index is 13.6. The molecule has 0 saturated heterocycles. The zero-order chi connectivity index (χ0) is 23.3. The van der Waals surface area contributed by atoms with E-state index in [4.69, 9.17) is 23.9 Å². The van der Waals surface area contributed by atoms with Gasteiger partial charge >= 0.3 is 6.01 Å². The predicted octanol–water partition coefficient (Wildman–Crippen LogP) is 2.72. The molecule has 10 nitrogen and oxygen atoms in total. The predicted molar refractivity (Wildman–Crippen MR) is 123 cm³/mol. The molecule has 0 radical (unpaired) electrons. The van der Waals surface area contributed by atoms with Gasteiger partial charge in [0, 0.05) is 12.6 Å². The third-order valence-corrected chi connectivity index (χ3v) is 5.75. The van der Waals surface area contributed by atoms with Crippen LogP contribution >= 0.6 is 11.3 Å². The highest BCUT2D eigenvalue weighted by Crippen LogP contribution is 2.40. The van der Waals surface area contributed by atoms with E-state index in [9.17, 15) is 4.79 Å². The molecule has 1 amide bonds. The van der Waals surface area contributed by atoms with E-state index in [1.807, 2.05) is 20.2 Å². The summed E-state index contributed by atoms with van der Waals surface area (Å²) < 4.78 is 22.1. The van der Waals surface area contributed by atoms with Crippen molar-refractivity contribution in [3.05, 3.63) is 23.9 Å². The first-order chi connectivity index (χ1) is 15.4. The topological polar surface area (TPSA) is 99.1 Å². The van der Waals surface area contributed by atoms with E-state index in [1.54, 1.807) is 25.2 Å². The normalized spacial score (nSPS) is 11.0. The Morgan fingerprint density at radius 3 is 2.28 bits per heavy atom. The summed E-state index contributed by atoms with van der Waals surface area (Å²) in [7, 11) is 10.1. The third-order valence-electron chi connectivity index (χ3n) is 4.66. The summed E-state index contributed by atoms with van der Waals surface area (Å²) >= 11 is 1.36. The number of hydrogen-bond acceptors (Lipinski definition) is 10. The molecular formula is C21H27N5O5S. The second kappa shape index (κ2) is 10.4. The van der Waals surface area contributed by atoms with Crippen LogP contribution in [0.1, 0.15) is 16.9 Å². The quantitative estimate of drug-likeness (QED) is 0.451. The summed E-state index contributed by atoms with van der Waals surface area (Å²) in [5, 5.41) is 0.517. The van der Waals surface area contributed by atoms with Crippen LogP contribution in [0.4, 0.5) is 5.13 Å². The van der Waals surface area contributed by atoms with E-state index in [-0.39, 0.29) is 23.5 Å². The van der Waals surface area contributed by atoms with Crippen LogP contribution in [0.3, 0.4) is 0 Å². The van der Waals surface area contributed by atoms with Crippen molar-refractivity contribution in [2.45, 2.75) is 6.42 Å². The number of hydrogen-bond donors (Lipinski definition) is 0. The molecule has 0 aliphatic carbocycles. The van der Waals surface area contributed by atoms with Crippen molar-refractivity contribution >= 4 is 32.6 Å². The van der Waals surface area contributed by atoms with Crippen LogP contribution in [0.25, 0.3) is 10.2 Å². The minimum atomic E-state index is -0.334. The van der Waals surface area contributed by atoms with E-state index in [1.165, 1.54) is 31.6 Å². The molecule has 32 heavy (non-hydrogen) atoms. The van der Waals surface area contributed by atoms with E-state index < -0.39 is 0 Å². The average Bonchev–Trinajstić information content (AvgIpc) is 3.25. The first-order valence-electron chi connectivity index (χ1n) is 9.87. The van der Waals surface area contributed by atoms with Gasteiger partial charge in [-0.3, -0.25) is 9.69 Å². The third kappa shape index (κ3) is 5.00. The second-order valence-corrected chi connectivity index (χ2v) is 8.02. The molecule has 0 atom stereocenters. The first kappa shape index (κ1) is 23.5. The number of methoxy groups -OCH3 is 4. The summed E-state index contributed by atoms with van der Waals surface area (Å²) in [6, 6.07) is 5.15. The number of anilines is 1. The lowest BCUT2D eigenvalue weighted by molar-refractivity contribution is 0.0979. The van der Waals surface area contributed by atoms with Crippen molar-refractivity contribution in [2.75, 3.05) is 60.5 Å². The molecule has 0 unspecified atom stereocenters. The Bertz CT molecular complexity index is 1020. The standard InChI is InChI=1S/C21H27N5O5S/c1-25(2)10-7-11-26(19(27)13-12-16(30-5)23-20(22-13)31-6)21-24-17-14(28-3)8-9-15(29-4)18(17)32-21/h8-9,12H,7,10-11H2,1-6H3.